The van der Waals surface area contributed by atoms with Gasteiger partial charge in [-0.15, -0.1) is 6.58 Å². The Labute approximate surface area is 111 Å². The van der Waals surface area contributed by atoms with E-state index in [-0.39, 0.29) is 0 Å². The number of para-hydroxylation sites is 1. The number of anilines is 1. The Morgan fingerprint density at radius 3 is 2.56 bits per heavy atom. The predicted molar refractivity (Wildman–Crippen MR) is 77.6 cm³/mol. The molecule has 0 aliphatic heterocycles. The fraction of sp³-hybridized carbons (Fsp3) is 0.438. The van der Waals surface area contributed by atoms with Gasteiger partial charge in [0.1, 0.15) is 0 Å². The zero-order valence-electron chi connectivity index (χ0n) is 11.0. The van der Waals surface area contributed by atoms with E-state index >= 15 is 0 Å². The van der Waals surface area contributed by atoms with Crippen LogP contribution in [0, 0.1) is 11.3 Å². The normalized spacial score (nSPS) is 9.72. The maximum absolute atomic E-state index is 8.72. The summed E-state index contributed by atoms with van der Waals surface area (Å²) < 4.78 is 0. The molecule has 0 heterocycles. The highest BCUT2D eigenvalue weighted by Gasteiger charge is 2.04. The summed E-state index contributed by atoms with van der Waals surface area (Å²) in [5.41, 5.74) is 1.22. The monoisotopic (exact) mass is 242 g/mol. The van der Waals surface area contributed by atoms with E-state index in [1.54, 1.807) is 0 Å². The Balaban J connectivity index is 2.41. The number of benzene rings is 1. The lowest BCUT2D eigenvalue weighted by atomic mass is 10.1. The van der Waals surface area contributed by atoms with Crippen LogP contribution in [0.4, 0.5) is 5.69 Å². The molecule has 0 fully saturated rings. The van der Waals surface area contributed by atoms with Crippen molar-refractivity contribution in [2.45, 2.75) is 32.1 Å². The summed E-state index contributed by atoms with van der Waals surface area (Å²) in [6, 6.07) is 12.6. The van der Waals surface area contributed by atoms with E-state index in [4.69, 9.17) is 5.26 Å². The van der Waals surface area contributed by atoms with Gasteiger partial charge in [-0.1, -0.05) is 30.7 Å². The van der Waals surface area contributed by atoms with Gasteiger partial charge < -0.3 is 4.90 Å². The number of unbranched alkanes of at least 4 members (excludes halogenated alkanes) is 3. The van der Waals surface area contributed by atoms with Crippen LogP contribution in [0.3, 0.4) is 0 Å². The molecule has 0 aliphatic carbocycles. The van der Waals surface area contributed by atoms with Crippen LogP contribution in [0.1, 0.15) is 32.1 Å². The molecule has 0 saturated heterocycles. The lowest BCUT2D eigenvalue weighted by Crippen LogP contribution is -2.25. The van der Waals surface area contributed by atoms with Crippen LogP contribution >= 0.6 is 0 Å². The molecular formula is C16H22N2. The van der Waals surface area contributed by atoms with Crippen LogP contribution in [0.25, 0.3) is 0 Å². The summed E-state index contributed by atoms with van der Waals surface area (Å²) in [4.78, 5) is 2.30. The maximum atomic E-state index is 8.72. The lowest BCUT2D eigenvalue weighted by molar-refractivity contribution is 0.658. The highest BCUT2D eigenvalue weighted by atomic mass is 15.1. The van der Waals surface area contributed by atoms with Crippen LogP contribution in [-0.4, -0.2) is 13.1 Å². The van der Waals surface area contributed by atoms with Gasteiger partial charge in [0, 0.05) is 18.8 Å². The minimum Gasteiger partial charge on any atom is -0.371 e. The van der Waals surface area contributed by atoms with Gasteiger partial charge in [-0.2, -0.15) is 5.26 Å². The lowest BCUT2D eigenvalue weighted by Gasteiger charge is -2.23. The third-order valence-corrected chi connectivity index (χ3v) is 2.95. The minimum atomic E-state index is 0.585. The van der Waals surface area contributed by atoms with Crippen molar-refractivity contribution < 1.29 is 0 Å². The third-order valence-electron chi connectivity index (χ3n) is 2.95. The van der Waals surface area contributed by atoms with Crippen LogP contribution in [0.5, 0.6) is 0 Å². The molecule has 1 aromatic carbocycles. The number of nitriles is 1. The van der Waals surface area contributed by atoms with E-state index in [0.29, 0.717) is 6.42 Å². The fourth-order valence-corrected chi connectivity index (χ4v) is 1.96. The molecule has 2 nitrogen and oxygen atoms in total. The summed E-state index contributed by atoms with van der Waals surface area (Å²) in [6.07, 6.45) is 7.27. The number of nitrogens with zero attached hydrogens (tertiary/aromatic N) is 2. The second kappa shape index (κ2) is 9.30. The van der Waals surface area contributed by atoms with Crippen molar-refractivity contribution in [2.75, 3.05) is 18.0 Å². The Kier molecular flexibility index (Phi) is 7.39. The van der Waals surface area contributed by atoms with Gasteiger partial charge in [-0.25, -0.2) is 0 Å². The highest BCUT2D eigenvalue weighted by Crippen LogP contribution is 2.15. The molecule has 0 bridgehead atoms. The Morgan fingerprint density at radius 1 is 1.11 bits per heavy atom. The van der Waals surface area contributed by atoms with Crippen molar-refractivity contribution in [3.63, 3.8) is 0 Å². The molecule has 0 atom stereocenters. The molecule has 0 unspecified atom stereocenters. The Morgan fingerprint density at radius 2 is 1.89 bits per heavy atom. The van der Waals surface area contributed by atoms with Gasteiger partial charge >= 0.3 is 0 Å². The summed E-state index contributed by atoms with van der Waals surface area (Å²) >= 11 is 0. The molecule has 0 aromatic heterocycles. The maximum Gasteiger partial charge on any atom is 0.0640 e. The van der Waals surface area contributed by atoms with Crippen molar-refractivity contribution in [1.82, 2.24) is 0 Å². The van der Waals surface area contributed by atoms with Gasteiger partial charge in [-0.05, 0) is 31.4 Å². The van der Waals surface area contributed by atoms with E-state index in [0.717, 1.165) is 19.5 Å². The summed E-state index contributed by atoms with van der Waals surface area (Å²) in [5.74, 6) is 0. The van der Waals surface area contributed by atoms with Gasteiger partial charge in [0.15, 0.2) is 0 Å². The largest absolute Gasteiger partial charge is 0.371 e. The number of hydrogen-bond acceptors (Lipinski definition) is 2. The first-order chi connectivity index (χ1) is 8.88. The van der Waals surface area contributed by atoms with Gasteiger partial charge in [0.05, 0.1) is 12.5 Å². The first-order valence-electron chi connectivity index (χ1n) is 6.66. The first-order valence-corrected chi connectivity index (χ1v) is 6.66. The molecule has 1 aromatic rings. The molecule has 0 amide bonds. The molecule has 0 aliphatic rings. The standard InChI is InChI=1S/C16H22N2/c1-2-3-4-5-9-14-18(15-10-13-17)16-11-7-6-8-12-16/h2,6-8,11-12H,1,3-5,9-10,14-15H2. The molecule has 0 N–H and O–H groups in total. The van der Waals surface area contributed by atoms with E-state index in [2.05, 4.69) is 29.7 Å². The zero-order valence-corrected chi connectivity index (χ0v) is 11.0. The molecule has 0 spiro atoms. The minimum absolute atomic E-state index is 0.585. The van der Waals surface area contributed by atoms with Crippen molar-refractivity contribution in [1.29, 1.82) is 5.26 Å². The quantitative estimate of drug-likeness (QED) is 0.480. The van der Waals surface area contributed by atoms with Crippen molar-refractivity contribution in [3.05, 3.63) is 43.0 Å². The first kappa shape index (κ1) is 14.3. The second-order valence-electron chi connectivity index (χ2n) is 4.37. The van der Waals surface area contributed by atoms with Crippen molar-refractivity contribution >= 4 is 5.69 Å². The summed E-state index contributed by atoms with van der Waals surface area (Å²) in [7, 11) is 0. The van der Waals surface area contributed by atoms with Crippen LogP contribution in [0.15, 0.2) is 43.0 Å². The average Bonchev–Trinajstić information content (AvgIpc) is 2.43. The van der Waals surface area contributed by atoms with Crippen LogP contribution in [-0.2, 0) is 0 Å². The van der Waals surface area contributed by atoms with E-state index < -0.39 is 0 Å². The number of hydrogen-bond donors (Lipinski definition) is 0. The smallest absolute Gasteiger partial charge is 0.0640 e. The zero-order chi connectivity index (χ0) is 13.1. The molecule has 96 valence electrons. The molecule has 0 saturated carbocycles. The summed E-state index contributed by atoms with van der Waals surface area (Å²) in [5, 5.41) is 8.72. The molecule has 2 heteroatoms. The Hall–Kier alpha value is -1.75. The molecule has 0 radical (unpaired) electrons. The summed E-state index contributed by atoms with van der Waals surface area (Å²) in [6.45, 7) is 5.59. The van der Waals surface area contributed by atoms with Crippen LogP contribution in [0.2, 0.25) is 0 Å². The second-order valence-corrected chi connectivity index (χ2v) is 4.37. The van der Waals surface area contributed by atoms with Gasteiger partial charge in [0.2, 0.25) is 0 Å². The number of allylic oxidation sites excluding steroid dienone is 1. The van der Waals surface area contributed by atoms with Gasteiger partial charge in [-0.3, -0.25) is 0 Å². The SMILES string of the molecule is C=CCCCCCN(CCC#N)c1ccccc1. The fourth-order valence-electron chi connectivity index (χ4n) is 1.96. The molecule has 18 heavy (non-hydrogen) atoms. The molecular weight excluding hydrogens is 220 g/mol. The highest BCUT2D eigenvalue weighted by molar-refractivity contribution is 5.45. The van der Waals surface area contributed by atoms with E-state index in [1.807, 2.05) is 24.3 Å². The van der Waals surface area contributed by atoms with Crippen LogP contribution < -0.4 is 4.90 Å². The third kappa shape index (κ3) is 5.54. The van der Waals surface area contributed by atoms with Crippen molar-refractivity contribution in [2.24, 2.45) is 0 Å². The van der Waals surface area contributed by atoms with E-state index in [1.165, 1.54) is 24.9 Å². The van der Waals surface area contributed by atoms with Crippen molar-refractivity contribution in [3.8, 4) is 6.07 Å². The van der Waals surface area contributed by atoms with Gasteiger partial charge in [0.25, 0.3) is 0 Å². The average molecular weight is 242 g/mol. The topological polar surface area (TPSA) is 27.0 Å². The number of rotatable bonds is 9. The Bertz CT molecular complexity index is 364. The molecule has 1 rings (SSSR count). The predicted octanol–water partition coefficient (Wildman–Crippen LogP) is 4.15. The van der Waals surface area contributed by atoms with E-state index in [9.17, 15) is 0 Å².